The van der Waals surface area contributed by atoms with Crippen LogP contribution in [0.25, 0.3) is 0 Å². The van der Waals surface area contributed by atoms with Gasteiger partial charge in [-0.05, 0) is 30.5 Å². The van der Waals surface area contributed by atoms with Crippen LogP contribution in [-0.2, 0) is 20.3 Å². The number of aryl methyl sites for hydroxylation is 1. The zero-order valence-corrected chi connectivity index (χ0v) is 11.5. The fourth-order valence-corrected chi connectivity index (χ4v) is 3.17. The highest BCUT2D eigenvalue weighted by Gasteiger charge is 2.31. The minimum Gasteiger partial charge on any atom is -0.457 e. The van der Waals surface area contributed by atoms with E-state index in [4.69, 9.17) is 4.74 Å². The van der Waals surface area contributed by atoms with Gasteiger partial charge in [0.25, 0.3) is 0 Å². The Labute approximate surface area is 109 Å². The van der Waals surface area contributed by atoms with Crippen molar-refractivity contribution in [2.75, 3.05) is 6.61 Å². The van der Waals surface area contributed by atoms with Gasteiger partial charge in [-0.25, -0.2) is 9.00 Å². The van der Waals surface area contributed by atoms with Crippen LogP contribution in [0.5, 0.6) is 0 Å². The lowest BCUT2D eigenvalue weighted by atomic mass is 10.1. The molecule has 0 bridgehead atoms. The highest BCUT2D eigenvalue weighted by molar-refractivity contribution is 7.90. The lowest BCUT2D eigenvalue weighted by Crippen LogP contribution is -2.07. The van der Waals surface area contributed by atoms with E-state index < -0.39 is 16.8 Å². The van der Waals surface area contributed by atoms with E-state index in [-0.39, 0.29) is 12.5 Å². The minimum absolute atomic E-state index is 0.167. The van der Waals surface area contributed by atoms with Crippen molar-refractivity contribution in [3.8, 4) is 0 Å². The zero-order chi connectivity index (χ0) is 13.3. The molecule has 1 aromatic carbocycles. The molecule has 1 atom stereocenters. The van der Waals surface area contributed by atoms with E-state index in [0.29, 0.717) is 9.80 Å². The summed E-state index contributed by atoms with van der Waals surface area (Å²) >= 11 is 0. The molecule has 3 nitrogen and oxygen atoms in total. The lowest BCUT2D eigenvalue weighted by Gasteiger charge is -2.07. The molecule has 0 aliphatic carbocycles. The molecule has 0 amide bonds. The summed E-state index contributed by atoms with van der Waals surface area (Å²) in [6.45, 7) is 6.19. The number of carbonyl (C=O) groups is 1. The van der Waals surface area contributed by atoms with Gasteiger partial charge in [0.05, 0.1) is 10.8 Å². The summed E-state index contributed by atoms with van der Waals surface area (Å²) in [6, 6.07) is 7.37. The Morgan fingerprint density at radius 1 is 1.22 bits per heavy atom. The Hall–Kier alpha value is -1.42. The molecule has 0 spiro atoms. The lowest BCUT2D eigenvalue weighted by molar-refractivity contribution is -0.135. The fourth-order valence-electron chi connectivity index (χ4n) is 1.81. The molecule has 96 valence electrons. The number of cyclic esters (lactones) is 1. The molecule has 2 rings (SSSR count). The van der Waals surface area contributed by atoms with Crippen molar-refractivity contribution in [1.29, 1.82) is 0 Å². The van der Waals surface area contributed by atoms with E-state index >= 15 is 0 Å². The highest BCUT2D eigenvalue weighted by atomic mass is 32.2. The van der Waals surface area contributed by atoms with Gasteiger partial charge in [0.15, 0.2) is 0 Å². The number of carbonyl (C=O) groups excluding carboxylic acids is 1. The molecular formula is C14H16O3S. The second kappa shape index (κ2) is 5.06. The Morgan fingerprint density at radius 2 is 1.83 bits per heavy atom. The molecule has 1 aliphatic rings. The van der Waals surface area contributed by atoms with Crippen LogP contribution < -0.4 is 0 Å². The molecule has 4 heteroatoms. The molecule has 0 fully saturated rings. The van der Waals surface area contributed by atoms with Gasteiger partial charge < -0.3 is 4.74 Å². The summed E-state index contributed by atoms with van der Waals surface area (Å²) < 4.78 is 17.4. The summed E-state index contributed by atoms with van der Waals surface area (Å²) in [5.41, 5.74) is 1.95. The van der Waals surface area contributed by atoms with Crippen LogP contribution in [0.2, 0.25) is 0 Å². The van der Waals surface area contributed by atoms with E-state index in [0.717, 1.165) is 11.1 Å². The number of esters is 1. The van der Waals surface area contributed by atoms with Crippen molar-refractivity contribution in [2.45, 2.75) is 25.7 Å². The molecule has 0 saturated carbocycles. The van der Waals surface area contributed by atoms with E-state index in [1.165, 1.54) is 0 Å². The highest BCUT2D eigenvalue weighted by Crippen LogP contribution is 2.28. The van der Waals surface area contributed by atoms with Gasteiger partial charge >= 0.3 is 5.97 Å². The normalized spacial score (nSPS) is 17.2. The maximum atomic E-state index is 12.4. The summed E-state index contributed by atoms with van der Waals surface area (Å²) in [6.07, 6.45) is 0. The number of benzene rings is 1. The first kappa shape index (κ1) is 13.0. The van der Waals surface area contributed by atoms with E-state index in [1.807, 2.05) is 32.9 Å². The quantitative estimate of drug-likeness (QED) is 0.788. The average molecular weight is 264 g/mol. The molecule has 0 aromatic heterocycles. The molecular weight excluding hydrogens is 248 g/mol. The molecule has 1 heterocycles. The third-order valence-corrected chi connectivity index (χ3v) is 4.45. The van der Waals surface area contributed by atoms with Crippen molar-refractivity contribution >= 4 is 16.8 Å². The Balaban J connectivity index is 2.41. The standard InChI is InChI=1S/C14H16O3S/c1-9(2)12-8-17-14(15)13(12)18(16)11-6-4-10(3)5-7-11/h4-7,9H,8H2,1-3H3. The van der Waals surface area contributed by atoms with Gasteiger partial charge in [-0.2, -0.15) is 0 Å². The van der Waals surface area contributed by atoms with Gasteiger partial charge in [-0.1, -0.05) is 31.5 Å². The van der Waals surface area contributed by atoms with Crippen molar-refractivity contribution < 1.29 is 13.7 Å². The molecule has 1 aromatic rings. The first-order valence-corrected chi connectivity index (χ1v) is 7.04. The maximum absolute atomic E-state index is 12.4. The summed E-state index contributed by atoms with van der Waals surface area (Å²) in [7, 11) is -1.44. The maximum Gasteiger partial charge on any atom is 0.348 e. The predicted octanol–water partition coefficient (Wildman–Crippen LogP) is 2.57. The van der Waals surface area contributed by atoms with Crippen LogP contribution in [0.15, 0.2) is 39.6 Å². The second-order valence-corrected chi connectivity index (χ2v) is 6.08. The minimum atomic E-state index is -1.44. The summed E-state index contributed by atoms with van der Waals surface area (Å²) in [5.74, 6) is -0.279. The van der Waals surface area contributed by atoms with Gasteiger partial charge in [0.1, 0.15) is 11.5 Å². The largest absolute Gasteiger partial charge is 0.457 e. The third-order valence-electron chi connectivity index (χ3n) is 2.95. The SMILES string of the molecule is Cc1ccc(S(=O)C2=C(C(C)C)COC2=O)cc1. The van der Waals surface area contributed by atoms with Gasteiger partial charge in [0.2, 0.25) is 0 Å². The topological polar surface area (TPSA) is 43.4 Å². The molecule has 0 radical (unpaired) electrons. The summed E-state index contributed by atoms with van der Waals surface area (Å²) in [4.78, 5) is 12.7. The van der Waals surface area contributed by atoms with Crippen LogP contribution >= 0.6 is 0 Å². The number of hydrogen-bond donors (Lipinski definition) is 0. The monoisotopic (exact) mass is 264 g/mol. The zero-order valence-electron chi connectivity index (χ0n) is 10.7. The van der Waals surface area contributed by atoms with Gasteiger partial charge in [-0.15, -0.1) is 0 Å². The Morgan fingerprint density at radius 3 is 2.39 bits per heavy atom. The number of rotatable bonds is 3. The van der Waals surface area contributed by atoms with Crippen molar-refractivity contribution in [1.82, 2.24) is 0 Å². The van der Waals surface area contributed by atoms with E-state index in [2.05, 4.69) is 0 Å². The van der Waals surface area contributed by atoms with Crippen LogP contribution in [-0.4, -0.2) is 16.8 Å². The average Bonchev–Trinajstić information content (AvgIpc) is 2.71. The Bertz CT molecular complexity index is 526. The van der Waals surface area contributed by atoms with Gasteiger partial charge in [-0.3, -0.25) is 0 Å². The van der Waals surface area contributed by atoms with Crippen LogP contribution in [0.1, 0.15) is 19.4 Å². The molecule has 0 N–H and O–H groups in total. The van der Waals surface area contributed by atoms with Crippen LogP contribution in [0.3, 0.4) is 0 Å². The van der Waals surface area contributed by atoms with Crippen molar-refractivity contribution in [3.05, 3.63) is 40.3 Å². The fraction of sp³-hybridized carbons (Fsp3) is 0.357. The predicted molar refractivity (Wildman–Crippen MR) is 70.4 cm³/mol. The first-order chi connectivity index (χ1) is 8.50. The molecule has 0 saturated heterocycles. The number of hydrogen-bond acceptors (Lipinski definition) is 3. The smallest absolute Gasteiger partial charge is 0.348 e. The van der Waals surface area contributed by atoms with E-state index in [9.17, 15) is 9.00 Å². The first-order valence-electron chi connectivity index (χ1n) is 5.89. The molecule has 1 aliphatic heterocycles. The Kier molecular flexibility index (Phi) is 3.66. The molecule has 1 unspecified atom stereocenters. The third kappa shape index (κ3) is 2.38. The van der Waals surface area contributed by atoms with Crippen molar-refractivity contribution in [2.24, 2.45) is 5.92 Å². The van der Waals surface area contributed by atoms with Crippen LogP contribution in [0, 0.1) is 12.8 Å². The van der Waals surface area contributed by atoms with Gasteiger partial charge in [0, 0.05) is 4.90 Å². The van der Waals surface area contributed by atoms with Crippen molar-refractivity contribution in [3.63, 3.8) is 0 Å². The van der Waals surface area contributed by atoms with E-state index in [1.54, 1.807) is 12.1 Å². The summed E-state index contributed by atoms with van der Waals surface area (Å²) in [5, 5.41) is 0. The number of ether oxygens (including phenoxy) is 1. The van der Waals surface area contributed by atoms with Crippen LogP contribution in [0.4, 0.5) is 0 Å². The second-order valence-electron chi connectivity index (χ2n) is 4.67. The molecule has 18 heavy (non-hydrogen) atoms.